The van der Waals surface area contributed by atoms with Crippen molar-refractivity contribution in [2.75, 3.05) is 20.3 Å². The van der Waals surface area contributed by atoms with Crippen LogP contribution in [0.4, 0.5) is 4.39 Å². The molecule has 32 heavy (non-hydrogen) atoms. The van der Waals surface area contributed by atoms with Crippen LogP contribution in [0.15, 0.2) is 59.1 Å². The highest BCUT2D eigenvalue weighted by Crippen LogP contribution is 2.38. The van der Waals surface area contributed by atoms with E-state index < -0.39 is 5.82 Å². The Morgan fingerprint density at radius 3 is 2.59 bits per heavy atom. The van der Waals surface area contributed by atoms with Crippen LogP contribution >= 0.6 is 27.5 Å². The van der Waals surface area contributed by atoms with Crippen LogP contribution < -0.4 is 19.5 Å². The zero-order valence-corrected chi connectivity index (χ0v) is 20.4. The molecule has 0 atom stereocenters. The lowest BCUT2D eigenvalue weighted by Crippen LogP contribution is -2.17. The fourth-order valence-electron chi connectivity index (χ4n) is 3.31. The molecule has 0 amide bonds. The molecule has 0 aliphatic heterocycles. The summed E-state index contributed by atoms with van der Waals surface area (Å²) in [5.41, 5.74) is 2.51. The fraction of sp³-hybridized carbons (Fsp3) is 0.280. The zero-order valence-electron chi connectivity index (χ0n) is 18.1. The lowest BCUT2D eigenvalue weighted by molar-refractivity contribution is 0.264. The SMILES string of the molecule is CCOc1cc(CNCCc2ccccc2OC)cc(Br)c1OCc1c(F)cccc1Cl. The monoisotopic (exact) mass is 521 g/mol. The molecule has 3 aromatic carbocycles. The Balaban J connectivity index is 1.65. The molecule has 1 N–H and O–H groups in total. The number of hydrogen-bond donors (Lipinski definition) is 1. The van der Waals surface area contributed by atoms with Crippen molar-refractivity contribution in [3.8, 4) is 17.2 Å². The Hall–Kier alpha value is -2.28. The maximum Gasteiger partial charge on any atom is 0.175 e. The minimum absolute atomic E-state index is 0.000681. The molecule has 0 saturated heterocycles. The minimum atomic E-state index is -0.401. The lowest BCUT2D eigenvalue weighted by atomic mass is 10.1. The zero-order chi connectivity index (χ0) is 22.9. The second kappa shape index (κ2) is 12.1. The first-order valence-corrected chi connectivity index (χ1v) is 11.5. The first kappa shape index (κ1) is 24.4. The molecular weight excluding hydrogens is 497 g/mol. The van der Waals surface area contributed by atoms with Crippen LogP contribution in [0.25, 0.3) is 0 Å². The van der Waals surface area contributed by atoms with Crippen molar-refractivity contribution in [1.29, 1.82) is 0 Å². The molecule has 0 unspecified atom stereocenters. The smallest absolute Gasteiger partial charge is 0.175 e. The van der Waals surface area contributed by atoms with Crippen molar-refractivity contribution < 1.29 is 18.6 Å². The Kier molecular flexibility index (Phi) is 9.21. The van der Waals surface area contributed by atoms with Crippen LogP contribution in [0.5, 0.6) is 17.2 Å². The van der Waals surface area contributed by atoms with Gasteiger partial charge in [-0.15, -0.1) is 0 Å². The van der Waals surface area contributed by atoms with E-state index in [0.717, 1.165) is 34.3 Å². The predicted molar refractivity (Wildman–Crippen MR) is 129 cm³/mol. The summed E-state index contributed by atoms with van der Waals surface area (Å²) in [6.07, 6.45) is 0.855. The summed E-state index contributed by atoms with van der Waals surface area (Å²) in [7, 11) is 1.68. The molecule has 0 fully saturated rings. The second-order valence-corrected chi connectivity index (χ2v) is 8.33. The van der Waals surface area contributed by atoms with Crippen molar-refractivity contribution >= 4 is 27.5 Å². The van der Waals surface area contributed by atoms with E-state index in [0.29, 0.717) is 35.2 Å². The largest absolute Gasteiger partial charge is 0.496 e. The third-order valence-electron chi connectivity index (χ3n) is 4.88. The number of para-hydroxylation sites is 1. The standard InChI is InChI=1S/C25H26BrClFNO3/c1-3-31-24-14-17(15-29-12-11-18-7-4-5-10-23(18)30-2)13-20(26)25(24)32-16-19-21(27)8-6-9-22(19)28/h4-10,13-14,29H,3,11-12,15-16H2,1-2H3. The average molecular weight is 523 g/mol. The minimum Gasteiger partial charge on any atom is -0.496 e. The number of ether oxygens (including phenoxy) is 3. The highest BCUT2D eigenvalue weighted by atomic mass is 79.9. The van der Waals surface area contributed by atoms with Crippen molar-refractivity contribution in [2.45, 2.75) is 26.5 Å². The van der Waals surface area contributed by atoms with Gasteiger partial charge >= 0.3 is 0 Å². The van der Waals surface area contributed by atoms with Gasteiger partial charge in [0.2, 0.25) is 0 Å². The quantitative estimate of drug-likeness (QED) is 0.290. The molecule has 0 aliphatic rings. The van der Waals surface area contributed by atoms with Gasteiger partial charge in [0.25, 0.3) is 0 Å². The van der Waals surface area contributed by atoms with Gasteiger partial charge in [-0.25, -0.2) is 4.39 Å². The number of benzene rings is 3. The predicted octanol–water partition coefficient (Wildman–Crippen LogP) is 6.56. The van der Waals surface area contributed by atoms with Gasteiger partial charge in [0.05, 0.1) is 23.2 Å². The summed E-state index contributed by atoms with van der Waals surface area (Å²) in [5, 5.41) is 3.78. The molecule has 7 heteroatoms. The van der Waals surface area contributed by atoms with Gasteiger partial charge in [-0.2, -0.15) is 0 Å². The van der Waals surface area contributed by atoms with Crippen LogP contribution in [0.1, 0.15) is 23.6 Å². The summed E-state index contributed by atoms with van der Waals surface area (Å²) in [5.74, 6) is 1.61. The van der Waals surface area contributed by atoms with Crippen LogP contribution in [0, 0.1) is 5.82 Å². The summed E-state index contributed by atoms with van der Waals surface area (Å²) in [4.78, 5) is 0. The fourth-order valence-corrected chi connectivity index (χ4v) is 4.13. The van der Waals surface area contributed by atoms with E-state index in [9.17, 15) is 4.39 Å². The molecule has 4 nitrogen and oxygen atoms in total. The molecule has 0 aromatic heterocycles. The highest BCUT2D eigenvalue weighted by Gasteiger charge is 2.15. The maximum atomic E-state index is 14.1. The van der Waals surface area contributed by atoms with E-state index in [-0.39, 0.29) is 6.61 Å². The molecule has 0 radical (unpaired) electrons. The molecular formula is C25H26BrClFNO3. The van der Waals surface area contributed by atoms with E-state index in [1.54, 1.807) is 19.2 Å². The Labute approximate surface area is 201 Å². The Morgan fingerprint density at radius 1 is 1.03 bits per heavy atom. The van der Waals surface area contributed by atoms with Crippen molar-refractivity contribution in [2.24, 2.45) is 0 Å². The van der Waals surface area contributed by atoms with E-state index in [1.165, 1.54) is 6.07 Å². The first-order chi connectivity index (χ1) is 15.5. The molecule has 0 saturated carbocycles. The molecule has 0 heterocycles. The number of rotatable bonds is 11. The summed E-state index contributed by atoms with van der Waals surface area (Å²) >= 11 is 9.68. The molecule has 0 bridgehead atoms. The van der Waals surface area contributed by atoms with Crippen molar-refractivity contribution in [3.63, 3.8) is 0 Å². The molecule has 0 aliphatic carbocycles. The Bertz CT molecular complexity index is 1030. The maximum absolute atomic E-state index is 14.1. The highest BCUT2D eigenvalue weighted by molar-refractivity contribution is 9.10. The van der Waals surface area contributed by atoms with Crippen LogP contribution in [-0.4, -0.2) is 20.3 Å². The second-order valence-electron chi connectivity index (χ2n) is 7.07. The van der Waals surface area contributed by atoms with Crippen molar-refractivity contribution in [3.05, 3.63) is 86.6 Å². The summed E-state index contributed by atoms with van der Waals surface area (Å²) in [6, 6.07) is 16.5. The van der Waals surface area contributed by atoms with E-state index in [4.69, 9.17) is 25.8 Å². The lowest BCUT2D eigenvalue weighted by Gasteiger charge is -2.16. The molecule has 3 aromatic rings. The van der Waals surface area contributed by atoms with E-state index >= 15 is 0 Å². The number of methoxy groups -OCH3 is 1. The van der Waals surface area contributed by atoms with Gasteiger partial charge in [-0.3, -0.25) is 0 Å². The first-order valence-electron chi connectivity index (χ1n) is 10.4. The van der Waals surface area contributed by atoms with Crippen LogP contribution in [-0.2, 0) is 19.6 Å². The van der Waals surface area contributed by atoms with E-state index in [2.05, 4.69) is 27.3 Å². The number of nitrogens with one attached hydrogen (secondary N) is 1. The van der Waals surface area contributed by atoms with E-state index in [1.807, 2.05) is 37.3 Å². The third-order valence-corrected chi connectivity index (χ3v) is 5.83. The molecule has 0 spiro atoms. The van der Waals surface area contributed by atoms with Gasteiger partial charge in [-0.1, -0.05) is 35.9 Å². The number of hydrogen-bond acceptors (Lipinski definition) is 4. The van der Waals surface area contributed by atoms with Gasteiger partial charge in [0.15, 0.2) is 11.5 Å². The summed E-state index contributed by atoms with van der Waals surface area (Å²) < 4.78 is 31.9. The van der Waals surface area contributed by atoms with Crippen LogP contribution in [0.3, 0.4) is 0 Å². The third kappa shape index (κ3) is 6.37. The number of halogens is 3. The van der Waals surface area contributed by atoms with Gasteiger partial charge in [0.1, 0.15) is 18.2 Å². The normalized spacial score (nSPS) is 10.8. The van der Waals surface area contributed by atoms with Gasteiger partial charge < -0.3 is 19.5 Å². The van der Waals surface area contributed by atoms with Crippen LogP contribution in [0.2, 0.25) is 5.02 Å². The molecule has 3 rings (SSSR count). The van der Waals surface area contributed by atoms with Gasteiger partial charge in [0, 0.05) is 12.1 Å². The van der Waals surface area contributed by atoms with Gasteiger partial charge in [-0.05, 0) is 77.3 Å². The average Bonchev–Trinajstić information content (AvgIpc) is 2.78. The molecule has 170 valence electrons. The van der Waals surface area contributed by atoms with Crippen molar-refractivity contribution in [1.82, 2.24) is 5.32 Å². The summed E-state index contributed by atoms with van der Waals surface area (Å²) in [6.45, 7) is 3.84. The Morgan fingerprint density at radius 2 is 1.84 bits per heavy atom. The topological polar surface area (TPSA) is 39.7 Å².